The molecule has 7 heterocycles. The van der Waals surface area contributed by atoms with Gasteiger partial charge in [-0.05, 0) is 32.1 Å². The summed E-state index contributed by atoms with van der Waals surface area (Å²) in [7, 11) is 3.02. The Hall–Kier alpha value is -3.70. The van der Waals surface area contributed by atoms with Crippen LogP contribution in [0.5, 0.6) is 0 Å². The molecule has 0 spiro atoms. The van der Waals surface area contributed by atoms with Crippen LogP contribution in [0.2, 0.25) is 0 Å². The lowest BCUT2D eigenvalue weighted by molar-refractivity contribution is -0.0580. The van der Waals surface area contributed by atoms with Crippen LogP contribution in [0.3, 0.4) is 0 Å². The number of imidazole rings is 2. The van der Waals surface area contributed by atoms with Crippen LogP contribution in [-0.4, -0.2) is 160 Å². The first-order chi connectivity index (χ1) is 25.3. The van der Waals surface area contributed by atoms with E-state index < -0.39 is 55.2 Å². The fraction of sp³-hybridized carbons (Fsp3) is 0.688. The van der Waals surface area contributed by atoms with Gasteiger partial charge in [0.15, 0.2) is 46.4 Å². The summed E-state index contributed by atoms with van der Waals surface area (Å²) in [6.07, 6.45) is 2.69. The Morgan fingerprint density at radius 1 is 0.673 bits per heavy atom. The molecule has 4 aliphatic rings. The maximum absolute atomic E-state index is 10.4. The SMILES string of the molecule is COC[C@H]1O[C@@H](n2cnc3c(NC4CCOCC4)ncnc32)[C@H](O)[C@@H]1O.COC[C@H]1O[C@@H](n2cnc3c(N[C@@H]4CCC[C@H]4O)ncnc32)[C@H](O)[C@@H]1O. The van der Waals surface area contributed by atoms with Gasteiger partial charge in [-0.2, -0.15) is 0 Å². The molecule has 10 atom stereocenters. The smallest absolute Gasteiger partial charge is 0.167 e. The van der Waals surface area contributed by atoms with E-state index in [1.807, 2.05) is 0 Å². The molecule has 1 aliphatic carbocycles. The first-order valence-corrected chi connectivity index (χ1v) is 17.4. The lowest BCUT2D eigenvalue weighted by atomic mass is 10.1. The molecule has 0 radical (unpaired) electrons. The van der Waals surface area contributed by atoms with Gasteiger partial charge in [0.1, 0.15) is 49.3 Å². The first-order valence-electron chi connectivity index (χ1n) is 17.4. The van der Waals surface area contributed by atoms with Crippen molar-refractivity contribution in [3.8, 4) is 0 Å². The second-order valence-corrected chi connectivity index (χ2v) is 13.4. The molecule has 1 saturated carbocycles. The summed E-state index contributed by atoms with van der Waals surface area (Å²) < 4.78 is 30.1. The average Bonchev–Trinajstić information content (AvgIpc) is 3.98. The summed E-state index contributed by atoms with van der Waals surface area (Å²) in [5.74, 6) is 1.17. The highest BCUT2D eigenvalue weighted by Crippen LogP contribution is 2.34. The average molecular weight is 731 g/mol. The summed E-state index contributed by atoms with van der Waals surface area (Å²) in [6, 6.07) is 0.202. The number of anilines is 2. The van der Waals surface area contributed by atoms with Gasteiger partial charge in [0.05, 0.1) is 38.0 Å². The molecule has 8 rings (SSSR count). The van der Waals surface area contributed by atoms with Crippen molar-refractivity contribution in [1.82, 2.24) is 39.0 Å². The number of aliphatic hydroxyl groups is 5. The summed E-state index contributed by atoms with van der Waals surface area (Å²) in [5, 5.41) is 57.7. The number of aliphatic hydroxyl groups excluding tert-OH is 5. The van der Waals surface area contributed by atoms with Crippen LogP contribution < -0.4 is 10.6 Å². The van der Waals surface area contributed by atoms with Crippen LogP contribution in [0.25, 0.3) is 22.3 Å². The van der Waals surface area contributed by atoms with Crippen molar-refractivity contribution in [2.24, 2.45) is 0 Å². The molecule has 52 heavy (non-hydrogen) atoms. The molecule has 7 N–H and O–H groups in total. The summed E-state index contributed by atoms with van der Waals surface area (Å²) >= 11 is 0. The molecule has 20 heteroatoms. The predicted octanol–water partition coefficient (Wildman–Crippen LogP) is -0.900. The quantitative estimate of drug-likeness (QED) is 0.104. The number of nitrogens with zero attached hydrogens (tertiary/aromatic N) is 8. The van der Waals surface area contributed by atoms with Gasteiger partial charge in [-0.25, -0.2) is 29.9 Å². The minimum Gasteiger partial charge on any atom is -0.391 e. The van der Waals surface area contributed by atoms with Crippen molar-refractivity contribution < 1.29 is 49.2 Å². The second kappa shape index (κ2) is 16.1. The van der Waals surface area contributed by atoms with Gasteiger partial charge in [-0.3, -0.25) is 9.13 Å². The van der Waals surface area contributed by atoms with E-state index >= 15 is 0 Å². The van der Waals surface area contributed by atoms with Crippen LogP contribution in [0.15, 0.2) is 25.3 Å². The van der Waals surface area contributed by atoms with Gasteiger partial charge in [-0.15, -0.1) is 0 Å². The Labute approximate surface area is 298 Å². The van der Waals surface area contributed by atoms with Crippen molar-refractivity contribution >= 4 is 34.0 Å². The minimum absolute atomic E-state index is 0.0699. The van der Waals surface area contributed by atoms with E-state index in [2.05, 4.69) is 40.5 Å². The molecule has 4 fully saturated rings. The Bertz CT molecular complexity index is 1770. The molecule has 4 aromatic heterocycles. The van der Waals surface area contributed by atoms with Crippen LogP contribution in [0.4, 0.5) is 11.6 Å². The van der Waals surface area contributed by atoms with E-state index in [0.717, 1.165) is 45.3 Å². The Morgan fingerprint density at radius 3 is 1.67 bits per heavy atom. The van der Waals surface area contributed by atoms with Crippen molar-refractivity contribution in [2.75, 3.05) is 51.3 Å². The largest absolute Gasteiger partial charge is 0.391 e. The predicted molar refractivity (Wildman–Crippen MR) is 181 cm³/mol. The van der Waals surface area contributed by atoms with Crippen molar-refractivity contribution in [1.29, 1.82) is 0 Å². The lowest BCUT2D eigenvalue weighted by Crippen LogP contribution is -2.33. The van der Waals surface area contributed by atoms with Crippen LogP contribution in [-0.2, 0) is 23.7 Å². The molecular weight excluding hydrogens is 684 g/mol. The Kier molecular flexibility index (Phi) is 11.4. The number of hydrogen-bond acceptors (Lipinski definition) is 18. The third kappa shape index (κ3) is 7.27. The van der Waals surface area contributed by atoms with Gasteiger partial charge in [0.25, 0.3) is 0 Å². The molecule has 3 saturated heterocycles. The molecule has 0 unspecified atom stereocenters. The zero-order valence-corrected chi connectivity index (χ0v) is 28.9. The molecular formula is C32H46N10O10. The molecule has 4 aromatic rings. The number of aromatic nitrogens is 8. The maximum Gasteiger partial charge on any atom is 0.167 e. The minimum atomic E-state index is -1.13. The van der Waals surface area contributed by atoms with E-state index in [4.69, 9.17) is 23.7 Å². The third-order valence-electron chi connectivity index (χ3n) is 9.97. The molecule has 3 aliphatic heterocycles. The number of fused-ring (bicyclic) bond motifs is 2. The molecule has 20 nitrogen and oxygen atoms in total. The third-order valence-corrected chi connectivity index (χ3v) is 9.97. The number of nitrogens with one attached hydrogen (secondary N) is 2. The van der Waals surface area contributed by atoms with E-state index in [-0.39, 0.29) is 25.3 Å². The topological polar surface area (TPSA) is 259 Å². The number of hydrogen-bond donors (Lipinski definition) is 7. The molecule has 284 valence electrons. The monoisotopic (exact) mass is 730 g/mol. The van der Waals surface area contributed by atoms with Crippen molar-refractivity contribution in [2.45, 2.75) is 99.4 Å². The van der Waals surface area contributed by atoms with Gasteiger partial charge in [0.2, 0.25) is 0 Å². The standard InChI is InChI=1S/2C16H23N5O5/c1-24-6-10-12(22)13(23)16(26-10)21-8-19-11-14(17-7-18-15(11)21)20-9-2-4-25-5-3-9;1-25-5-10-12(23)13(24)16(26-10)21-7-19-11-14(17-6-18-15(11)21)20-8-3-2-4-9(8)22/h7-10,12-13,16,22-23H,2-6H2,1H3,(H,17,18,20);6-10,12-13,16,22-24H,2-5H2,1H3,(H,17,18,20)/t10-,12-,13-,16-;8-,9-,10-,12-,13-,16-/m11/s1. The van der Waals surface area contributed by atoms with E-state index in [1.165, 1.54) is 33.2 Å². The van der Waals surface area contributed by atoms with Crippen molar-refractivity contribution in [3.05, 3.63) is 25.3 Å². The van der Waals surface area contributed by atoms with Gasteiger partial charge in [-0.1, -0.05) is 0 Å². The highest BCUT2D eigenvalue weighted by molar-refractivity contribution is 5.83. The molecule has 0 aromatic carbocycles. The molecule has 0 amide bonds. The maximum atomic E-state index is 10.4. The lowest BCUT2D eigenvalue weighted by Gasteiger charge is -2.23. The number of methoxy groups -OCH3 is 2. The highest BCUT2D eigenvalue weighted by atomic mass is 16.6. The van der Waals surface area contributed by atoms with Crippen LogP contribution in [0.1, 0.15) is 44.6 Å². The summed E-state index contributed by atoms with van der Waals surface area (Å²) in [4.78, 5) is 25.8. The van der Waals surface area contributed by atoms with E-state index in [9.17, 15) is 25.5 Å². The van der Waals surface area contributed by atoms with E-state index in [0.29, 0.717) is 34.0 Å². The fourth-order valence-electron chi connectivity index (χ4n) is 7.13. The van der Waals surface area contributed by atoms with Gasteiger partial charge in [0, 0.05) is 33.5 Å². The van der Waals surface area contributed by atoms with Crippen molar-refractivity contribution in [3.63, 3.8) is 0 Å². The number of rotatable bonds is 10. The second-order valence-electron chi connectivity index (χ2n) is 13.4. The summed E-state index contributed by atoms with van der Waals surface area (Å²) in [5.41, 5.74) is 2.12. The highest BCUT2D eigenvalue weighted by Gasteiger charge is 2.45. The van der Waals surface area contributed by atoms with Gasteiger partial charge < -0.3 is 59.9 Å². The Morgan fingerprint density at radius 2 is 1.19 bits per heavy atom. The van der Waals surface area contributed by atoms with Crippen LogP contribution in [0, 0.1) is 0 Å². The van der Waals surface area contributed by atoms with E-state index in [1.54, 1.807) is 15.5 Å². The number of ether oxygens (including phenoxy) is 5. The zero-order valence-electron chi connectivity index (χ0n) is 28.9. The zero-order chi connectivity index (χ0) is 36.4. The van der Waals surface area contributed by atoms with Gasteiger partial charge >= 0.3 is 0 Å². The molecule has 0 bridgehead atoms. The fourth-order valence-corrected chi connectivity index (χ4v) is 7.13. The first kappa shape index (κ1) is 36.6. The Balaban J connectivity index is 0.000000162. The normalized spacial score (nSPS) is 32.4. The summed E-state index contributed by atoms with van der Waals surface area (Å²) in [6.45, 7) is 1.80. The van der Waals surface area contributed by atoms with Crippen LogP contribution >= 0.6 is 0 Å².